The molecule has 1 heterocycles. The van der Waals surface area contributed by atoms with Gasteiger partial charge in [0.2, 0.25) is 0 Å². The molecule has 1 N–H and O–H groups in total. The van der Waals surface area contributed by atoms with Gasteiger partial charge in [-0.1, -0.05) is 29.8 Å². The number of aryl methyl sites for hydroxylation is 1. The number of thiazole rings is 1. The van der Waals surface area contributed by atoms with Gasteiger partial charge in [-0.25, -0.2) is 9.78 Å². The van der Waals surface area contributed by atoms with E-state index in [1.165, 1.54) is 24.0 Å². The first-order chi connectivity index (χ1) is 12.2. The predicted molar refractivity (Wildman–Crippen MR) is 98.7 cm³/mol. The maximum Gasteiger partial charge on any atom is 0.342 e. The highest BCUT2D eigenvalue weighted by molar-refractivity contribution is 7.13. The molecule has 6 heteroatoms. The molecule has 0 atom stereocenters. The van der Waals surface area contributed by atoms with Crippen LogP contribution in [0.3, 0.4) is 0 Å². The van der Waals surface area contributed by atoms with Gasteiger partial charge in [0, 0.05) is 11.1 Å². The van der Waals surface area contributed by atoms with Gasteiger partial charge in [0.15, 0.2) is 5.13 Å². The summed E-state index contributed by atoms with van der Waals surface area (Å²) in [6.07, 6.45) is 0. The van der Waals surface area contributed by atoms with Crippen molar-refractivity contribution in [2.45, 2.75) is 13.5 Å². The Labute approximate surface area is 150 Å². The van der Waals surface area contributed by atoms with Gasteiger partial charge in [-0.2, -0.15) is 0 Å². The Morgan fingerprint density at radius 1 is 1.16 bits per heavy atom. The lowest BCUT2D eigenvalue weighted by atomic mass is 10.2. The molecule has 0 spiro atoms. The molecule has 0 bridgehead atoms. The molecule has 3 rings (SSSR count). The minimum atomic E-state index is -0.432. The van der Waals surface area contributed by atoms with Crippen molar-refractivity contribution in [3.8, 4) is 5.75 Å². The Bertz CT molecular complexity index is 859. The maximum absolute atomic E-state index is 12.2. The maximum atomic E-state index is 12.2. The summed E-state index contributed by atoms with van der Waals surface area (Å²) in [7, 11) is 1.52. The molecule has 0 radical (unpaired) electrons. The van der Waals surface area contributed by atoms with Crippen LogP contribution in [0.4, 0.5) is 10.8 Å². The number of carbonyl (C=O) groups excluding carboxylic acids is 1. The monoisotopic (exact) mass is 354 g/mol. The number of methoxy groups -OCH3 is 1. The number of esters is 1. The van der Waals surface area contributed by atoms with Crippen LogP contribution in [0, 0.1) is 6.92 Å². The summed E-state index contributed by atoms with van der Waals surface area (Å²) < 4.78 is 10.5. The molecule has 0 saturated carbocycles. The van der Waals surface area contributed by atoms with Crippen molar-refractivity contribution < 1.29 is 14.3 Å². The largest absolute Gasteiger partial charge is 0.496 e. The SMILES string of the molecule is COc1ccccc1C(=O)OCc1csc(Nc2ccc(C)cc2)n1. The Morgan fingerprint density at radius 3 is 2.68 bits per heavy atom. The van der Waals surface area contributed by atoms with Crippen LogP contribution in [0.1, 0.15) is 21.6 Å². The first kappa shape index (κ1) is 17.0. The molecule has 0 aliphatic carbocycles. The highest BCUT2D eigenvalue weighted by Crippen LogP contribution is 2.23. The Morgan fingerprint density at radius 2 is 1.92 bits per heavy atom. The molecule has 0 aliphatic heterocycles. The van der Waals surface area contributed by atoms with E-state index in [0.717, 1.165) is 10.8 Å². The third kappa shape index (κ3) is 4.36. The van der Waals surface area contributed by atoms with Gasteiger partial charge < -0.3 is 14.8 Å². The number of anilines is 2. The fourth-order valence-electron chi connectivity index (χ4n) is 2.22. The summed E-state index contributed by atoms with van der Waals surface area (Å²) in [5, 5.41) is 5.86. The van der Waals surface area contributed by atoms with E-state index >= 15 is 0 Å². The van der Waals surface area contributed by atoms with E-state index in [1.54, 1.807) is 24.3 Å². The second-order valence-corrected chi connectivity index (χ2v) is 6.27. The van der Waals surface area contributed by atoms with Crippen LogP contribution in [0.2, 0.25) is 0 Å². The molecular weight excluding hydrogens is 336 g/mol. The van der Waals surface area contributed by atoms with Gasteiger partial charge >= 0.3 is 5.97 Å². The summed E-state index contributed by atoms with van der Waals surface area (Å²) in [5.41, 5.74) is 3.27. The number of benzene rings is 2. The molecule has 5 nitrogen and oxygen atoms in total. The number of hydrogen-bond acceptors (Lipinski definition) is 6. The first-order valence-electron chi connectivity index (χ1n) is 7.74. The van der Waals surface area contributed by atoms with Crippen molar-refractivity contribution >= 4 is 28.1 Å². The third-order valence-electron chi connectivity index (χ3n) is 3.53. The first-order valence-corrected chi connectivity index (χ1v) is 8.62. The van der Waals surface area contributed by atoms with Crippen LogP contribution in [-0.4, -0.2) is 18.1 Å². The average Bonchev–Trinajstić information content (AvgIpc) is 3.09. The van der Waals surface area contributed by atoms with Gasteiger partial charge in [0.05, 0.1) is 12.8 Å². The van der Waals surface area contributed by atoms with Gasteiger partial charge in [-0.15, -0.1) is 11.3 Å². The topological polar surface area (TPSA) is 60.5 Å². The van der Waals surface area contributed by atoms with Crippen LogP contribution in [-0.2, 0) is 11.3 Å². The van der Waals surface area contributed by atoms with Crippen LogP contribution in [0.5, 0.6) is 5.75 Å². The second kappa shape index (κ2) is 7.81. The molecule has 0 saturated heterocycles. The van der Waals surface area contributed by atoms with Gasteiger partial charge in [-0.3, -0.25) is 0 Å². The van der Waals surface area contributed by atoms with Crippen molar-refractivity contribution in [1.82, 2.24) is 4.98 Å². The zero-order chi connectivity index (χ0) is 17.6. The summed E-state index contributed by atoms with van der Waals surface area (Å²) >= 11 is 1.47. The molecular formula is C19H18N2O3S. The quantitative estimate of drug-likeness (QED) is 0.658. The van der Waals surface area contributed by atoms with E-state index in [9.17, 15) is 4.79 Å². The molecule has 3 aromatic rings. The lowest BCUT2D eigenvalue weighted by Crippen LogP contribution is -2.07. The lowest BCUT2D eigenvalue weighted by Gasteiger charge is -2.07. The minimum absolute atomic E-state index is 0.114. The summed E-state index contributed by atoms with van der Waals surface area (Å²) in [6, 6.07) is 15.0. The van der Waals surface area contributed by atoms with Crippen molar-refractivity contribution in [1.29, 1.82) is 0 Å². The van der Waals surface area contributed by atoms with E-state index in [2.05, 4.69) is 10.3 Å². The number of ether oxygens (including phenoxy) is 2. The average molecular weight is 354 g/mol. The summed E-state index contributed by atoms with van der Waals surface area (Å²) in [5.74, 6) is 0.0611. The van der Waals surface area contributed by atoms with Crippen LogP contribution in [0.15, 0.2) is 53.9 Å². The molecule has 1 aromatic heterocycles. The molecule has 0 amide bonds. The summed E-state index contributed by atoms with van der Waals surface area (Å²) in [4.78, 5) is 16.6. The smallest absolute Gasteiger partial charge is 0.342 e. The Kier molecular flexibility index (Phi) is 5.30. The molecule has 0 aliphatic rings. The van der Waals surface area contributed by atoms with Gasteiger partial charge in [-0.05, 0) is 31.2 Å². The third-order valence-corrected chi connectivity index (χ3v) is 4.34. The van der Waals surface area contributed by atoms with E-state index < -0.39 is 5.97 Å². The zero-order valence-electron chi connectivity index (χ0n) is 14.0. The number of para-hydroxylation sites is 1. The zero-order valence-corrected chi connectivity index (χ0v) is 14.8. The van der Waals surface area contributed by atoms with E-state index in [4.69, 9.17) is 9.47 Å². The van der Waals surface area contributed by atoms with Crippen molar-refractivity contribution in [3.63, 3.8) is 0 Å². The molecule has 25 heavy (non-hydrogen) atoms. The van der Waals surface area contributed by atoms with E-state index in [0.29, 0.717) is 17.0 Å². The highest BCUT2D eigenvalue weighted by Gasteiger charge is 2.13. The van der Waals surface area contributed by atoms with Crippen molar-refractivity contribution in [3.05, 3.63) is 70.7 Å². The van der Waals surface area contributed by atoms with Crippen molar-refractivity contribution in [2.75, 3.05) is 12.4 Å². The molecule has 0 fully saturated rings. The molecule has 0 unspecified atom stereocenters. The van der Waals surface area contributed by atoms with Crippen molar-refractivity contribution in [2.24, 2.45) is 0 Å². The number of rotatable bonds is 6. The van der Waals surface area contributed by atoms with Crippen LogP contribution < -0.4 is 10.1 Å². The van der Waals surface area contributed by atoms with Crippen LogP contribution in [0.25, 0.3) is 0 Å². The highest BCUT2D eigenvalue weighted by atomic mass is 32.1. The predicted octanol–water partition coefficient (Wildman–Crippen LogP) is 4.56. The standard InChI is InChI=1S/C19H18N2O3S/c1-13-7-9-14(10-8-13)20-19-21-15(12-25-19)11-24-18(22)16-5-3-4-6-17(16)23-2/h3-10,12H,11H2,1-2H3,(H,20,21). The fourth-order valence-corrected chi connectivity index (χ4v) is 2.94. The van der Waals surface area contributed by atoms with Gasteiger partial charge in [0.25, 0.3) is 0 Å². The van der Waals surface area contributed by atoms with E-state index in [-0.39, 0.29) is 6.61 Å². The number of nitrogens with zero attached hydrogens (tertiary/aromatic N) is 1. The number of aromatic nitrogens is 1. The number of nitrogens with one attached hydrogen (secondary N) is 1. The Balaban J connectivity index is 1.60. The van der Waals surface area contributed by atoms with Gasteiger partial charge in [0.1, 0.15) is 17.9 Å². The van der Waals surface area contributed by atoms with E-state index in [1.807, 2.05) is 36.6 Å². The fraction of sp³-hybridized carbons (Fsp3) is 0.158. The summed E-state index contributed by atoms with van der Waals surface area (Å²) in [6.45, 7) is 2.16. The normalized spacial score (nSPS) is 10.3. The minimum Gasteiger partial charge on any atom is -0.496 e. The molecule has 128 valence electrons. The number of carbonyl (C=O) groups is 1. The number of hydrogen-bond donors (Lipinski definition) is 1. The van der Waals surface area contributed by atoms with Crippen LogP contribution >= 0.6 is 11.3 Å². The lowest BCUT2D eigenvalue weighted by molar-refractivity contribution is 0.0465. The second-order valence-electron chi connectivity index (χ2n) is 5.41. The molecule has 2 aromatic carbocycles. The Hall–Kier alpha value is -2.86.